The van der Waals surface area contributed by atoms with Gasteiger partial charge in [-0.05, 0) is 61.6 Å². The zero-order valence-electron chi connectivity index (χ0n) is 22.4. The molecule has 1 amide bonds. The highest BCUT2D eigenvalue weighted by Crippen LogP contribution is 2.30. The second-order valence-corrected chi connectivity index (χ2v) is 10.9. The lowest BCUT2D eigenvalue weighted by Crippen LogP contribution is -2.30. The maximum atomic E-state index is 14.0. The molecular formula is C31H34N4O3S. The van der Waals surface area contributed by atoms with Crippen molar-refractivity contribution >= 4 is 39.9 Å². The van der Waals surface area contributed by atoms with Gasteiger partial charge < -0.3 is 15.0 Å². The number of hydrogen-bond donors (Lipinski definition) is 1. The Balaban J connectivity index is 1.51. The molecule has 0 radical (unpaired) electrons. The van der Waals surface area contributed by atoms with Crippen molar-refractivity contribution in [3.8, 4) is 5.75 Å². The Kier molecular flexibility index (Phi) is 8.51. The van der Waals surface area contributed by atoms with Gasteiger partial charge in [-0.25, -0.2) is 4.98 Å². The quantitative estimate of drug-likeness (QED) is 0.208. The summed E-state index contributed by atoms with van der Waals surface area (Å²) in [6.07, 6.45) is 4.15. The molecule has 1 N–H and O–H groups in total. The Morgan fingerprint density at radius 2 is 1.77 bits per heavy atom. The number of nitrogens with zero attached hydrogens (tertiary/aromatic N) is 3. The van der Waals surface area contributed by atoms with Gasteiger partial charge in [0.05, 0.1) is 35.5 Å². The number of ether oxygens (including phenoxy) is 1. The normalized spacial score (nSPS) is 14.3. The second kappa shape index (κ2) is 12.4. The molecule has 202 valence electrons. The lowest BCUT2D eigenvalue weighted by atomic mass is 10.1. The van der Waals surface area contributed by atoms with Crippen molar-refractivity contribution in [2.24, 2.45) is 0 Å². The minimum absolute atomic E-state index is 0.0924. The number of nitrogens with one attached hydrogen (secondary N) is 1. The summed E-state index contributed by atoms with van der Waals surface area (Å²) in [5.74, 6) is 0.438. The Labute approximate surface area is 233 Å². The van der Waals surface area contributed by atoms with Crippen LogP contribution in [0.1, 0.15) is 38.2 Å². The number of para-hydroxylation sites is 2. The average molecular weight is 543 g/mol. The molecule has 4 aromatic rings. The molecule has 1 aliphatic heterocycles. The molecule has 1 saturated heterocycles. The van der Waals surface area contributed by atoms with Crippen LogP contribution >= 0.6 is 11.8 Å². The highest BCUT2D eigenvalue weighted by atomic mass is 32.2. The average Bonchev–Trinajstić information content (AvgIpc) is 2.98. The molecule has 7 nitrogen and oxygen atoms in total. The van der Waals surface area contributed by atoms with Gasteiger partial charge in [-0.1, -0.05) is 61.2 Å². The van der Waals surface area contributed by atoms with Crippen LogP contribution in [0.25, 0.3) is 10.9 Å². The largest absolute Gasteiger partial charge is 0.495 e. The molecule has 1 aromatic heterocycles. The van der Waals surface area contributed by atoms with Crippen LogP contribution in [0.5, 0.6) is 5.75 Å². The predicted octanol–water partition coefficient (Wildman–Crippen LogP) is 5.95. The van der Waals surface area contributed by atoms with Crippen molar-refractivity contribution in [2.75, 3.05) is 30.4 Å². The molecule has 0 spiro atoms. The summed E-state index contributed by atoms with van der Waals surface area (Å²) < 4.78 is 7.11. The molecular weight excluding hydrogens is 508 g/mol. The highest BCUT2D eigenvalue weighted by Gasteiger charge is 2.23. The maximum Gasteiger partial charge on any atom is 0.262 e. The third kappa shape index (κ3) is 6.11. The third-order valence-corrected chi connectivity index (χ3v) is 8.44. The zero-order chi connectivity index (χ0) is 27.2. The van der Waals surface area contributed by atoms with E-state index in [1.807, 2.05) is 73.7 Å². The van der Waals surface area contributed by atoms with Crippen LogP contribution in [0.15, 0.2) is 82.7 Å². The van der Waals surface area contributed by atoms with Crippen LogP contribution in [0.4, 0.5) is 11.4 Å². The Bertz CT molecular complexity index is 1500. The number of methoxy groups -OCH3 is 1. The lowest BCUT2D eigenvalue weighted by Gasteiger charge is -2.29. The van der Waals surface area contributed by atoms with Crippen LogP contribution in [0.3, 0.4) is 0 Å². The van der Waals surface area contributed by atoms with E-state index in [4.69, 9.17) is 9.72 Å². The van der Waals surface area contributed by atoms with Crippen LogP contribution in [0.2, 0.25) is 0 Å². The molecule has 0 saturated carbocycles. The predicted molar refractivity (Wildman–Crippen MR) is 159 cm³/mol. The van der Waals surface area contributed by atoms with E-state index < -0.39 is 5.25 Å². The van der Waals surface area contributed by atoms with Gasteiger partial charge in [-0.3, -0.25) is 14.2 Å². The molecule has 1 atom stereocenters. The van der Waals surface area contributed by atoms with Crippen LogP contribution < -0.4 is 20.5 Å². The van der Waals surface area contributed by atoms with Crippen LogP contribution in [-0.2, 0) is 11.3 Å². The minimum Gasteiger partial charge on any atom is -0.495 e. The fraction of sp³-hybridized carbons (Fsp3) is 0.323. The number of benzene rings is 3. The number of carbonyl (C=O) groups excluding carboxylic acids is 1. The molecule has 3 aromatic carbocycles. The number of piperidine rings is 1. The molecule has 2 heterocycles. The summed E-state index contributed by atoms with van der Waals surface area (Å²) in [7, 11) is 1.58. The molecule has 5 rings (SSSR count). The van der Waals surface area contributed by atoms with Gasteiger partial charge in [-0.15, -0.1) is 0 Å². The van der Waals surface area contributed by atoms with Crippen molar-refractivity contribution in [1.82, 2.24) is 9.55 Å². The van der Waals surface area contributed by atoms with E-state index in [2.05, 4.69) is 16.3 Å². The highest BCUT2D eigenvalue weighted by molar-refractivity contribution is 8.00. The van der Waals surface area contributed by atoms with E-state index >= 15 is 0 Å². The topological polar surface area (TPSA) is 76.5 Å². The first-order chi connectivity index (χ1) is 19.1. The van der Waals surface area contributed by atoms with E-state index in [9.17, 15) is 9.59 Å². The Morgan fingerprint density at radius 1 is 1.03 bits per heavy atom. The summed E-state index contributed by atoms with van der Waals surface area (Å²) in [6, 6.07) is 23.2. The molecule has 1 aliphatic rings. The van der Waals surface area contributed by atoms with Gasteiger partial charge in [-0.2, -0.15) is 0 Å². The Hall–Kier alpha value is -3.78. The summed E-state index contributed by atoms with van der Waals surface area (Å²) in [5, 5.41) is 3.68. The number of aromatic nitrogens is 2. The van der Waals surface area contributed by atoms with E-state index in [-0.39, 0.29) is 11.5 Å². The Morgan fingerprint density at radius 3 is 2.51 bits per heavy atom. The molecule has 0 aliphatic carbocycles. The number of amides is 1. The van der Waals surface area contributed by atoms with Gasteiger partial charge in [0.2, 0.25) is 5.91 Å². The van der Waals surface area contributed by atoms with E-state index in [1.165, 1.54) is 31.0 Å². The van der Waals surface area contributed by atoms with Crippen LogP contribution in [0, 0.1) is 0 Å². The molecule has 39 heavy (non-hydrogen) atoms. The first kappa shape index (κ1) is 26.8. The smallest absolute Gasteiger partial charge is 0.262 e. The van der Waals surface area contributed by atoms with Crippen molar-refractivity contribution in [1.29, 1.82) is 0 Å². The van der Waals surface area contributed by atoms with Gasteiger partial charge >= 0.3 is 0 Å². The third-order valence-electron chi connectivity index (χ3n) is 7.08. The van der Waals surface area contributed by atoms with Gasteiger partial charge in [0, 0.05) is 18.8 Å². The van der Waals surface area contributed by atoms with Crippen molar-refractivity contribution in [2.45, 2.75) is 49.6 Å². The lowest BCUT2D eigenvalue weighted by molar-refractivity contribution is -0.115. The fourth-order valence-electron chi connectivity index (χ4n) is 4.94. The van der Waals surface area contributed by atoms with Gasteiger partial charge in [0.25, 0.3) is 5.56 Å². The second-order valence-electron chi connectivity index (χ2n) is 9.72. The van der Waals surface area contributed by atoms with Gasteiger partial charge in [0.15, 0.2) is 5.16 Å². The standard InChI is InChI=1S/C31H34N4O3S/c1-3-28(29(36)32-26-14-8-9-15-27(26)38-2)39-31-33-25-17-16-23(34-18-10-5-11-19-34)20-24(25)30(37)35(31)21-22-12-6-4-7-13-22/h4,6-9,12-17,20,28H,3,5,10-11,18-19,21H2,1-2H3,(H,32,36)/t28-/m1/s1. The van der Waals surface area contributed by atoms with Crippen molar-refractivity contribution in [3.05, 3.63) is 88.7 Å². The van der Waals surface area contributed by atoms with Gasteiger partial charge in [0.1, 0.15) is 5.75 Å². The SMILES string of the molecule is CC[C@@H](Sc1nc2ccc(N3CCCCC3)cc2c(=O)n1Cc1ccccc1)C(=O)Nc1ccccc1OC. The zero-order valence-corrected chi connectivity index (χ0v) is 23.2. The maximum absolute atomic E-state index is 14.0. The number of hydrogen-bond acceptors (Lipinski definition) is 6. The number of thioether (sulfide) groups is 1. The fourth-order valence-corrected chi connectivity index (χ4v) is 5.96. The number of fused-ring (bicyclic) bond motifs is 1. The molecule has 8 heteroatoms. The monoisotopic (exact) mass is 542 g/mol. The van der Waals surface area contributed by atoms with Crippen molar-refractivity contribution in [3.63, 3.8) is 0 Å². The van der Waals surface area contributed by atoms with Crippen molar-refractivity contribution < 1.29 is 9.53 Å². The van der Waals surface area contributed by atoms with Crippen LogP contribution in [-0.4, -0.2) is 40.9 Å². The minimum atomic E-state index is -0.450. The summed E-state index contributed by atoms with van der Waals surface area (Å²) in [5.41, 5.74) is 3.23. The number of anilines is 2. The van der Waals surface area contributed by atoms with E-state index in [0.717, 1.165) is 24.3 Å². The summed E-state index contributed by atoms with van der Waals surface area (Å²) in [6.45, 7) is 4.35. The number of carbonyl (C=O) groups is 1. The number of rotatable bonds is 9. The summed E-state index contributed by atoms with van der Waals surface area (Å²) >= 11 is 1.33. The molecule has 0 bridgehead atoms. The molecule has 1 fully saturated rings. The summed E-state index contributed by atoms with van der Waals surface area (Å²) in [4.78, 5) is 34.6. The van der Waals surface area contributed by atoms with E-state index in [0.29, 0.717) is 40.5 Å². The first-order valence-corrected chi connectivity index (χ1v) is 14.4. The molecule has 0 unspecified atom stereocenters. The first-order valence-electron chi connectivity index (χ1n) is 13.5. The van der Waals surface area contributed by atoms with E-state index in [1.54, 1.807) is 11.7 Å².